The Morgan fingerprint density at radius 2 is 1.00 bits per heavy atom. The van der Waals surface area contributed by atoms with Gasteiger partial charge < -0.3 is 10.2 Å². The first-order valence-electron chi connectivity index (χ1n) is 7.96. The first-order chi connectivity index (χ1) is 10.4. The summed E-state index contributed by atoms with van der Waals surface area (Å²) in [6, 6.07) is 15.5. The minimum absolute atomic E-state index is 0.474. The van der Waals surface area contributed by atoms with Crippen molar-refractivity contribution in [1.82, 2.24) is 0 Å². The fourth-order valence-electron chi connectivity index (χ4n) is 3.06. The minimum atomic E-state index is -1.42. The third kappa shape index (κ3) is 2.69. The van der Waals surface area contributed by atoms with Crippen molar-refractivity contribution in [3.63, 3.8) is 0 Å². The molecule has 118 valence electrons. The van der Waals surface area contributed by atoms with E-state index in [-0.39, 0.29) is 0 Å². The predicted molar refractivity (Wildman–Crippen MR) is 90.9 cm³/mol. The molecule has 0 saturated heterocycles. The van der Waals surface area contributed by atoms with E-state index in [1.807, 2.05) is 76.2 Å². The molecule has 0 aliphatic rings. The van der Waals surface area contributed by atoms with Gasteiger partial charge in [0.25, 0.3) is 0 Å². The molecule has 0 spiro atoms. The molecule has 2 N–H and O–H groups in total. The smallest absolute Gasteiger partial charge is 0.143 e. The van der Waals surface area contributed by atoms with Crippen LogP contribution in [0, 0.1) is 13.8 Å². The fraction of sp³-hybridized carbons (Fsp3) is 0.400. The Bertz CT molecular complexity index is 562. The second kappa shape index (κ2) is 6.23. The highest BCUT2D eigenvalue weighted by Crippen LogP contribution is 2.43. The third-order valence-corrected chi connectivity index (χ3v) is 4.78. The summed E-state index contributed by atoms with van der Waals surface area (Å²) in [5, 5.41) is 22.7. The summed E-state index contributed by atoms with van der Waals surface area (Å²) in [6.07, 6.45) is 0.948. The molecule has 0 aliphatic heterocycles. The van der Waals surface area contributed by atoms with Crippen LogP contribution in [0.15, 0.2) is 48.5 Å². The van der Waals surface area contributed by atoms with Crippen molar-refractivity contribution in [2.75, 3.05) is 0 Å². The lowest BCUT2D eigenvalue weighted by Gasteiger charge is -2.44. The van der Waals surface area contributed by atoms with Gasteiger partial charge in [-0.1, -0.05) is 73.5 Å². The van der Waals surface area contributed by atoms with E-state index in [0.29, 0.717) is 12.8 Å². The van der Waals surface area contributed by atoms with E-state index < -0.39 is 11.2 Å². The monoisotopic (exact) mass is 298 g/mol. The van der Waals surface area contributed by atoms with Gasteiger partial charge in [0.15, 0.2) is 0 Å². The highest BCUT2D eigenvalue weighted by atomic mass is 16.4. The molecule has 0 atom stereocenters. The average molecular weight is 298 g/mol. The predicted octanol–water partition coefficient (Wildman–Crippen LogP) is 4.09. The lowest BCUT2D eigenvalue weighted by molar-refractivity contribution is -0.137. The Hall–Kier alpha value is -1.64. The molecule has 0 heterocycles. The summed E-state index contributed by atoms with van der Waals surface area (Å²) in [7, 11) is 0. The zero-order valence-electron chi connectivity index (χ0n) is 13.9. The maximum absolute atomic E-state index is 11.6. The van der Waals surface area contributed by atoms with Crippen molar-refractivity contribution < 1.29 is 10.2 Å². The summed E-state index contributed by atoms with van der Waals surface area (Å²) >= 11 is 0. The number of rotatable bonds is 5. The van der Waals surface area contributed by atoms with Crippen molar-refractivity contribution in [2.24, 2.45) is 0 Å². The van der Waals surface area contributed by atoms with E-state index in [0.717, 1.165) is 22.3 Å². The number of aliphatic hydroxyl groups is 2. The Morgan fingerprint density at radius 1 is 0.682 bits per heavy atom. The van der Waals surface area contributed by atoms with E-state index in [1.165, 1.54) is 0 Å². The van der Waals surface area contributed by atoms with Gasteiger partial charge >= 0.3 is 0 Å². The largest absolute Gasteiger partial charge is 0.386 e. The van der Waals surface area contributed by atoms with Gasteiger partial charge in [-0.05, 0) is 37.8 Å². The van der Waals surface area contributed by atoms with E-state index >= 15 is 0 Å². The fourth-order valence-corrected chi connectivity index (χ4v) is 3.06. The first kappa shape index (κ1) is 16.7. The van der Waals surface area contributed by atoms with Gasteiger partial charge in [-0.2, -0.15) is 0 Å². The summed E-state index contributed by atoms with van der Waals surface area (Å²) in [6.45, 7) is 7.86. The molecule has 2 nitrogen and oxygen atoms in total. The maximum atomic E-state index is 11.6. The Morgan fingerprint density at radius 3 is 1.27 bits per heavy atom. The van der Waals surface area contributed by atoms with Crippen molar-refractivity contribution in [3.05, 3.63) is 70.8 Å². The van der Waals surface area contributed by atoms with E-state index in [2.05, 4.69) is 0 Å². The molecule has 22 heavy (non-hydrogen) atoms. The topological polar surface area (TPSA) is 40.5 Å². The molecule has 2 rings (SSSR count). The summed E-state index contributed by atoms with van der Waals surface area (Å²) in [5.41, 5.74) is 1.09. The van der Waals surface area contributed by atoms with Crippen molar-refractivity contribution in [1.29, 1.82) is 0 Å². The number of hydrogen-bond donors (Lipinski definition) is 2. The molecule has 0 radical (unpaired) electrons. The van der Waals surface area contributed by atoms with Crippen LogP contribution in [0.5, 0.6) is 0 Å². The van der Waals surface area contributed by atoms with Crippen molar-refractivity contribution >= 4 is 0 Å². The van der Waals surface area contributed by atoms with Gasteiger partial charge in [0.1, 0.15) is 11.2 Å². The van der Waals surface area contributed by atoms with E-state index in [1.54, 1.807) is 0 Å². The molecule has 2 aromatic carbocycles. The Labute approximate surface area is 133 Å². The van der Waals surface area contributed by atoms with Gasteiger partial charge in [0, 0.05) is 0 Å². The Kier molecular flexibility index (Phi) is 4.74. The lowest BCUT2D eigenvalue weighted by Crippen LogP contribution is -2.52. The number of benzene rings is 2. The van der Waals surface area contributed by atoms with Gasteiger partial charge in [0.2, 0.25) is 0 Å². The zero-order valence-corrected chi connectivity index (χ0v) is 13.9. The molecule has 0 saturated carbocycles. The van der Waals surface area contributed by atoms with Crippen LogP contribution < -0.4 is 0 Å². The van der Waals surface area contributed by atoms with Gasteiger partial charge in [-0.3, -0.25) is 0 Å². The molecule has 2 heteroatoms. The molecule has 0 amide bonds. The average Bonchev–Trinajstić information content (AvgIpc) is 2.54. The third-order valence-electron chi connectivity index (χ3n) is 4.78. The SMILES string of the molecule is CCC(O)(CC)C(O)(c1ccc(C)cc1)c1ccc(C)cc1. The number of aryl methyl sites for hydroxylation is 2. The van der Waals surface area contributed by atoms with Crippen molar-refractivity contribution in [3.8, 4) is 0 Å². The van der Waals surface area contributed by atoms with Gasteiger partial charge in [-0.15, -0.1) is 0 Å². The molecule has 0 bridgehead atoms. The van der Waals surface area contributed by atoms with Crippen LogP contribution in [0.2, 0.25) is 0 Å². The summed E-state index contributed by atoms with van der Waals surface area (Å²) < 4.78 is 0. The van der Waals surface area contributed by atoms with Crippen LogP contribution >= 0.6 is 0 Å². The van der Waals surface area contributed by atoms with Crippen LogP contribution in [0.1, 0.15) is 48.9 Å². The highest BCUT2D eigenvalue weighted by molar-refractivity contribution is 5.41. The first-order valence-corrected chi connectivity index (χ1v) is 7.96. The maximum Gasteiger partial charge on any atom is 0.143 e. The quantitative estimate of drug-likeness (QED) is 0.873. The van der Waals surface area contributed by atoms with Crippen LogP contribution in [0.4, 0.5) is 0 Å². The second-order valence-corrected chi connectivity index (χ2v) is 6.18. The summed E-state index contributed by atoms with van der Waals surface area (Å²) in [5.74, 6) is 0. The molecule has 0 fully saturated rings. The molecule has 0 unspecified atom stereocenters. The van der Waals surface area contributed by atoms with Crippen LogP contribution in [0.25, 0.3) is 0 Å². The summed E-state index contributed by atoms with van der Waals surface area (Å²) in [4.78, 5) is 0. The van der Waals surface area contributed by atoms with Crippen LogP contribution in [-0.4, -0.2) is 15.8 Å². The number of hydrogen-bond acceptors (Lipinski definition) is 2. The van der Waals surface area contributed by atoms with E-state index in [9.17, 15) is 10.2 Å². The molecular formula is C20H26O2. The van der Waals surface area contributed by atoms with Crippen LogP contribution in [0.3, 0.4) is 0 Å². The highest BCUT2D eigenvalue weighted by Gasteiger charge is 2.49. The minimum Gasteiger partial charge on any atom is -0.386 e. The molecule has 0 aromatic heterocycles. The Balaban J connectivity index is 2.68. The molecule has 2 aromatic rings. The van der Waals surface area contributed by atoms with Crippen molar-refractivity contribution in [2.45, 2.75) is 51.7 Å². The van der Waals surface area contributed by atoms with E-state index in [4.69, 9.17) is 0 Å². The van der Waals surface area contributed by atoms with Crippen LogP contribution in [-0.2, 0) is 5.60 Å². The van der Waals surface area contributed by atoms with Gasteiger partial charge in [0.05, 0.1) is 0 Å². The normalized spacial score (nSPS) is 12.5. The second-order valence-electron chi connectivity index (χ2n) is 6.18. The lowest BCUT2D eigenvalue weighted by atomic mass is 9.70. The standard InChI is InChI=1S/C20H26O2/c1-5-19(21,6-2)20(22,17-11-7-15(3)8-12-17)18-13-9-16(4)10-14-18/h7-14,21-22H,5-6H2,1-4H3. The molecule has 0 aliphatic carbocycles. The van der Waals surface area contributed by atoms with Gasteiger partial charge in [-0.25, -0.2) is 0 Å². The molecular weight excluding hydrogens is 272 g/mol. The zero-order chi connectivity index (χ0) is 16.4.